The molecule has 2 N–H and O–H groups in total. The standard InChI is InChI=1S/C18H16BrN3O3/c19-12-5-3-6-13(11-12)20-16(23)9-4-10-22-17(24)14-7-1-2-8-15(14)21-18(22)25/h1-3,5-8,11H,4,9-10H2,(H,20,23)(H,21,25). The number of carbonyl (C=O) groups excluding carboxylic acids is 1. The molecule has 0 radical (unpaired) electrons. The number of rotatable bonds is 5. The molecule has 0 aliphatic rings. The molecular weight excluding hydrogens is 386 g/mol. The normalized spacial score (nSPS) is 10.8. The average Bonchev–Trinajstić information content (AvgIpc) is 2.58. The number of amides is 1. The van der Waals surface area contributed by atoms with Crippen molar-refractivity contribution >= 4 is 38.4 Å². The van der Waals surface area contributed by atoms with Gasteiger partial charge < -0.3 is 10.3 Å². The van der Waals surface area contributed by atoms with Crippen molar-refractivity contribution in [1.82, 2.24) is 9.55 Å². The van der Waals surface area contributed by atoms with Gasteiger partial charge >= 0.3 is 5.69 Å². The molecule has 0 saturated heterocycles. The van der Waals surface area contributed by atoms with E-state index in [0.717, 1.165) is 9.04 Å². The van der Waals surface area contributed by atoms with Crippen molar-refractivity contribution in [2.45, 2.75) is 19.4 Å². The molecule has 3 aromatic rings. The highest BCUT2D eigenvalue weighted by Crippen LogP contribution is 2.15. The Labute approximate surface area is 151 Å². The van der Waals surface area contributed by atoms with Crippen molar-refractivity contribution in [2.24, 2.45) is 0 Å². The van der Waals surface area contributed by atoms with Crippen LogP contribution in [0.4, 0.5) is 5.69 Å². The molecule has 0 aliphatic heterocycles. The highest BCUT2D eigenvalue weighted by molar-refractivity contribution is 9.10. The van der Waals surface area contributed by atoms with Gasteiger partial charge in [0.2, 0.25) is 5.91 Å². The number of nitrogens with zero attached hydrogens (tertiary/aromatic N) is 1. The smallest absolute Gasteiger partial charge is 0.326 e. The predicted octanol–water partition coefficient (Wildman–Crippen LogP) is 2.87. The van der Waals surface area contributed by atoms with E-state index in [-0.39, 0.29) is 24.4 Å². The Morgan fingerprint density at radius 1 is 1.12 bits per heavy atom. The summed E-state index contributed by atoms with van der Waals surface area (Å²) in [6, 6.07) is 14.2. The number of para-hydroxylation sites is 1. The zero-order chi connectivity index (χ0) is 17.8. The molecule has 0 fully saturated rings. The van der Waals surface area contributed by atoms with Crippen molar-refractivity contribution in [1.29, 1.82) is 0 Å². The van der Waals surface area contributed by atoms with E-state index in [4.69, 9.17) is 0 Å². The summed E-state index contributed by atoms with van der Waals surface area (Å²) < 4.78 is 2.01. The van der Waals surface area contributed by atoms with Crippen LogP contribution in [0.2, 0.25) is 0 Å². The molecule has 0 saturated carbocycles. The van der Waals surface area contributed by atoms with E-state index >= 15 is 0 Å². The Morgan fingerprint density at radius 3 is 2.72 bits per heavy atom. The van der Waals surface area contributed by atoms with Crippen LogP contribution in [0.3, 0.4) is 0 Å². The summed E-state index contributed by atoms with van der Waals surface area (Å²) in [6.07, 6.45) is 0.604. The zero-order valence-electron chi connectivity index (χ0n) is 13.3. The monoisotopic (exact) mass is 401 g/mol. The lowest BCUT2D eigenvalue weighted by atomic mass is 10.2. The minimum atomic E-state index is -0.462. The molecule has 128 valence electrons. The van der Waals surface area contributed by atoms with Crippen LogP contribution >= 0.6 is 15.9 Å². The third kappa shape index (κ3) is 4.06. The maximum absolute atomic E-state index is 12.4. The third-order valence-corrected chi connectivity index (χ3v) is 4.28. The van der Waals surface area contributed by atoms with Gasteiger partial charge in [-0.15, -0.1) is 0 Å². The summed E-state index contributed by atoms with van der Waals surface area (Å²) in [5.74, 6) is -0.164. The van der Waals surface area contributed by atoms with Crippen LogP contribution in [0.25, 0.3) is 10.9 Å². The number of carbonyl (C=O) groups is 1. The number of H-pyrrole nitrogens is 1. The van der Waals surface area contributed by atoms with Gasteiger partial charge in [0.05, 0.1) is 10.9 Å². The molecule has 25 heavy (non-hydrogen) atoms. The summed E-state index contributed by atoms with van der Waals surface area (Å²) in [4.78, 5) is 39.1. The second-order valence-electron chi connectivity index (χ2n) is 5.59. The Bertz CT molecular complexity index is 1040. The first-order valence-corrected chi connectivity index (χ1v) is 8.61. The highest BCUT2D eigenvalue weighted by atomic mass is 79.9. The molecule has 6 nitrogen and oxygen atoms in total. The number of aromatic nitrogens is 2. The van der Waals surface area contributed by atoms with E-state index in [1.807, 2.05) is 12.1 Å². The average molecular weight is 402 g/mol. The molecule has 0 aliphatic carbocycles. The molecule has 1 aromatic heterocycles. The number of nitrogens with one attached hydrogen (secondary N) is 2. The van der Waals surface area contributed by atoms with Crippen LogP contribution in [0.15, 0.2) is 62.6 Å². The Morgan fingerprint density at radius 2 is 1.92 bits per heavy atom. The number of halogens is 1. The number of anilines is 1. The SMILES string of the molecule is O=C(CCCn1c(=O)[nH]c2ccccc2c1=O)Nc1cccc(Br)c1. The molecule has 1 heterocycles. The molecule has 2 aromatic carbocycles. The Balaban J connectivity index is 1.66. The van der Waals surface area contributed by atoms with Crippen LogP contribution in [-0.4, -0.2) is 15.5 Å². The van der Waals surface area contributed by atoms with Crippen molar-refractivity contribution in [2.75, 3.05) is 5.32 Å². The first-order valence-electron chi connectivity index (χ1n) is 7.82. The van der Waals surface area contributed by atoms with E-state index in [9.17, 15) is 14.4 Å². The molecule has 1 amide bonds. The second-order valence-corrected chi connectivity index (χ2v) is 6.51. The van der Waals surface area contributed by atoms with E-state index in [0.29, 0.717) is 23.0 Å². The number of hydrogen-bond donors (Lipinski definition) is 2. The first kappa shape index (κ1) is 17.2. The lowest BCUT2D eigenvalue weighted by Gasteiger charge is -2.07. The Hall–Kier alpha value is -2.67. The van der Waals surface area contributed by atoms with Crippen LogP contribution in [0.1, 0.15) is 12.8 Å². The maximum atomic E-state index is 12.4. The van der Waals surface area contributed by atoms with Gasteiger partial charge in [-0.2, -0.15) is 0 Å². The Kier molecular flexibility index (Phi) is 5.14. The number of hydrogen-bond acceptors (Lipinski definition) is 3. The number of fused-ring (bicyclic) bond motifs is 1. The maximum Gasteiger partial charge on any atom is 0.328 e. The largest absolute Gasteiger partial charge is 0.328 e. The third-order valence-electron chi connectivity index (χ3n) is 3.78. The van der Waals surface area contributed by atoms with E-state index < -0.39 is 5.69 Å². The van der Waals surface area contributed by atoms with Crippen LogP contribution < -0.4 is 16.6 Å². The van der Waals surface area contributed by atoms with Crippen molar-refractivity contribution in [3.05, 3.63) is 73.8 Å². The van der Waals surface area contributed by atoms with E-state index in [1.165, 1.54) is 0 Å². The molecule has 0 atom stereocenters. The highest BCUT2D eigenvalue weighted by Gasteiger charge is 2.08. The van der Waals surface area contributed by atoms with Gasteiger partial charge in [-0.05, 0) is 36.8 Å². The van der Waals surface area contributed by atoms with E-state index in [2.05, 4.69) is 26.2 Å². The summed E-state index contributed by atoms with van der Waals surface area (Å²) in [6.45, 7) is 0.185. The molecule has 0 unspecified atom stereocenters. The predicted molar refractivity (Wildman–Crippen MR) is 101 cm³/mol. The van der Waals surface area contributed by atoms with Crippen LogP contribution in [0, 0.1) is 0 Å². The van der Waals surface area contributed by atoms with Crippen molar-refractivity contribution in [3.8, 4) is 0 Å². The molecular formula is C18H16BrN3O3. The summed E-state index contributed by atoms with van der Waals surface area (Å²) in [7, 11) is 0. The van der Waals surface area contributed by atoms with Gasteiger partial charge in [-0.25, -0.2) is 4.79 Å². The minimum Gasteiger partial charge on any atom is -0.326 e. The van der Waals surface area contributed by atoms with E-state index in [1.54, 1.807) is 36.4 Å². The van der Waals surface area contributed by atoms with Gasteiger partial charge in [0.15, 0.2) is 0 Å². The lowest BCUT2D eigenvalue weighted by molar-refractivity contribution is -0.116. The fourth-order valence-electron chi connectivity index (χ4n) is 2.59. The fourth-order valence-corrected chi connectivity index (χ4v) is 2.99. The topological polar surface area (TPSA) is 84.0 Å². The minimum absolute atomic E-state index is 0.164. The van der Waals surface area contributed by atoms with Crippen LogP contribution in [-0.2, 0) is 11.3 Å². The van der Waals surface area contributed by atoms with Gasteiger partial charge in [0, 0.05) is 23.1 Å². The molecule has 0 spiro atoms. The van der Waals surface area contributed by atoms with Crippen molar-refractivity contribution in [3.63, 3.8) is 0 Å². The fraction of sp³-hybridized carbons (Fsp3) is 0.167. The van der Waals surface area contributed by atoms with Gasteiger partial charge in [-0.3, -0.25) is 14.2 Å². The number of benzene rings is 2. The summed E-state index contributed by atoms with van der Waals surface area (Å²) in [5, 5.41) is 3.24. The lowest BCUT2D eigenvalue weighted by Crippen LogP contribution is -2.35. The van der Waals surface area contributed by atoms with Crippen molar-refractivity contribution < 1.29 is 4.79 Å². The number of aromatic amines is 1. The van der Waals surface area contributed by atoms with Gasteiger partial charge in [0.25, 0.3) is 5.56 Å². The van der Waals surface area contributed by atoms with Crippen LogP contribution in [0.5, 0.6) is 0 Å². The molecule has 3 rings (SSSR count). The second kappa shape index (κ2) is 7.48. The zero-order valence-corrected chi connectivity index (χ0v) is 14.9. The molecule has 7 heteroatoms. The van der Waals surface area contributed by atoms with Gasteiger partial charge in [0.1, 0.15) is 0 Å². The quantitative estimate of drug-likeness (QED) is 0.689. The molecule has 0 bridgehead atoms. The first-order chi connectivity index (χ1) is 12.0. The van der Waals surface area contributed by atoms with Gasteiger partial charge in [-0.1, -0.05) is 34.1 Å². The summed E-state index contributed by atoms with van der Waals surface area (Å²) >= 11 is 3.34. The summed E-state index contributed by atoms with van der Waals surface area (Å²) in [5.41, 5.74) is 0.407.